The van der Waals surface area contributed by atoms with E-state index in [0.29, 0.717) is 0 Å². The molecule has 0 N–H and O–H groups in total. The van der Waals surface area contributed by atoms with E-state index in [-0.39, 0.29) is 31.2 Å². The number of halogens is 3. The third-order valence-corrected chi connectivity index (χ3v) is 3.75. The maximum Gasteiger partial charge on any atom is 3.00 e. The largest absolute Gasteiger partial charge is 3.00 e. The first kappa shape index (κ1) is 25.5. The molecule has 0 unspecified atom stereocenters. The molecule has 152 valence electrons. The number of fused-ring (bicyclic) bond motifs is 3. The summed E-state index contributed by atoms with van der Waals surface area (Å²) in [6.07, 6.45) is 8.71. The van der Waals surface area contributed by atoms with Crippen LogP contribution in [0.4, 0.5) is 12.6 Å². The van der Waals surface area contributed by atoms with E-state index in [0.717, 1.165) is 0 Å². The van der Waals surface area contributed by atoms with Crippen LogP contribution in [-0.4, -0.2) is 18.5 Å². The van der Waals surface area contributed by atoms with Crippen molar-refractivity contribution in [1.82, 2.24) is 18.5 Å². The molecule has 0 amide bonds. The number of hydrogen-bond acceptors (Lipinski definition) is 1. The van der Waals surface area contributed by atoms with Gasteiger partial charge in [0.15, 0.2) is 0 Å². The van der Waals surface area contributed by atoms with Gasteiger partial charge in [-0.2, -0.15) is 0 Å². The molecule has 27 heavy (non-hydrogen) atoms. The van der Waals surface area contributed by atoms with Gasteiger partial charge in [-0.25, -0.2) is 0 Å². The van der Waals surface area contributed by atoms with Crippen LogP contribution < -0.4 is 0 Å². The Balaban J connectivity index is 0.000000861. The second kappa shape index (κ2) is 9.63. The maximum absolute atomic E-state index is 9.77. The average molecular weight is 580 g/mol. The van der Waals surface area contributed by atoms with Gasteiger partial charge >= 0.3 is 29.0 Å². The van der Waals surface area contributed by atoms with Gasteiger partial charge in [-0.15, -0.1) is 24.5 Å². The monoisotopic (exact) mass is 580 g/mol. The minimum Gasteiger partial charge on any atom is -0.512 e. The molecular formula is C17H25F3IrN5P+. The molecule has 3 aliphatic rings. The molecule has 5 nitrogen and oxygen atoms in total. The van der Waals surface area contributed by atoms with Crippen LogP contribution in [0, 0.1) is 11.8 Å². The molecule has 3 aliphatic heterocycles. The minimum absolute atomic E-state index is 0. The Kier molecular flexibility index (Phi) is 9.11. The number of aromatic nitrogens is 4. The number of nitrogens with zero attached hydrogens (tertiary/aromatic N) is 5. The summed E-state index contributed by atoms with van der Waals surface area (Å²) in [5.74, 6) is 0. The van der Waals surface area contributed by atoms with Gasteiger partial charge in [-0.1, -0.05) is 11.4 Å². The van der Waals surface area contributed by atoms with E-state index in [1.807, 2.05) is 0 Å². The van der Waals surface area contributed by atoms with Crippen LogP contribution in [0.3, 0.4) is 0 Å². The zero-order valence-electron chi connectivity index (χ0n) is 16.2. The first-order valence-electron chi connectivity index (χ1n) is 7.92. The number of imidazole rings is 2. The van der Waals surface area contributed by atoms with E-state index in [1.165, 1.54) is 11.4 Å². The van der Waals surface area contributed by atoms with Gasteiger partial charge in [0.1, 0.15) is 0 Å². The Bertz CT molecular complexity index is 738. The van der Waals surface area contributed by atoms with Crippen LogP contribution in [0.15, 0.2) is 37.2 Å². The third-order valence-electron chi connectivity index (χ3n) is 3.75. The molecule has 0 atom stereocenters. The number of hydrogen-bond donors (Lipinski definition) is 0. The maximum atomic E-state index is 9.77. The van der Waals surface area contributed by atoms with E-state index in [9.17, 15) is 12.6 Å². The van der Waals surface area contributed by atoms with Crippen molar-refractivity contribution in [3.63, 3.8) is 0 Å². The van der Waals surface area contributed by atoms with Crippen LogP contribution in [-0.2, 0) is 31.2 Å². The van der Waals surface area contributed by atoms with E-state index < -0.39 is 8.85 Å². The minimum atomic E-state index is -4.38. The molecule has 0 fully saturated rings. The summed E-state index contributed by atoms with van der Waals surface area (Å²) in [4.78, 5) is 0. The second-order valence-electron chi connectivity index (χ2n) is 7.73. The van der Waals surface area contributed by atoms with Crippen molar-refractivity contribution in [1.29, 1.82) is 5.26 Å². The van der Waals surface area contributed by atoms with Crippen LogP contribution in [0.2, 0.25) is 0 Å². The molecule has 3 heterocycles. The summed E-state index contributed by atoms with van der Waals surface area (Å²) in [6.45, 7) is 18.1. The summed E-state index contributed by atoms with van der Waals surface area (Å²) < 4.78 is 38.2. The molecule has 0 saturated heterocycles. The molecule has 10 heteroatoms. The van der Waals surface area contributed by atoms with Crippen LogP contribution >= 0.6 is 8.85 Å². The van der Waals surface area contributed by atoms with Gasteiger partial charge in [0.05, 0.1) is 0 Å². The van der Waals surface area contributed by atoms with Crippen molar-refractivity contribution in [2.45, 2.75) is 52.6 Å². The van der Waals surface area contributed by atoms with Gasteiger partial charge < -0.3 is 30.3 Å². The van der Waals surface area contributed by atoms with Crippen molar-refractivity contribution in [2.75, 3.05) is 0 Å². The van der Waals surface area contributed by atoms with Gasteiger partial charge in [-0.05, 0) is 54.2 Å². The molecule has 3 rings (SSSR count). The number of rotatable bonds is 0. The van der Waals surface area contributed by atoms with Gasteiger partial charge in [0.25, 0.3) is 0 Å². The Labute approximate surface area is 173 Å². The molecule has 0 aromatic rings. The SMILES string of the molecule is CC(C)(C)n1cc2ccc3cn(C(C)(C)C)[cH-]n-3n-2[cH-]1.F[PH+](F)F.[C-]#N.[Ir+3]. The van der Waals surface area contributed by atoms with Crippen LogP contribution in [0.5, 0.6) is 0 Å². The predicted molar refractivity (Wildman–Crippen MR) is 98.9 cm³/mol. The smallest absolute Gasteiger partial charge is 0.512 e. The molecule has 0 aliphatic carbocycles. The Morgan fingerprint density at radius 3 is 1.30 bits per heavy atom. The van der Waals surface area contributed by atoms with Crippen molar-refractivity contribution in [2.24, 2.45) is 0 Å². The van der Waals surface area contributed by atoms with Crippen LogP contribution in [0.25, 0.3) is 11.4 Å². The zero-order chi connectivity index (χ0) is 20.3. The van der Waals surface area contributed by atoms with Gasteiger partial charge in [-0.3, -0.25) is 0 Å². The second-order valence-corrected chi connectivity index (χ2v) is 8.16. The third kappa shape index (κ3) is 6.57. The van der Waals surface area contributed by atoms with Crippen molar-refractivity contribution < 1.29 is 32.7 Å². The van der Waals surface area contributed by atoms with E-state index >= 15 is 0 Å². The quantitative estimate of drug-likeness (QED) is 0.247. The molecule has 0 bridgehead atoms. The first-order valence-corrected chi connectivity index (χ1v) is 9.06. The normalized spacial score (nSPS) is 11.4. The Hall–Kier alpha value is -1.48. The van der Waals surface area contributed by atoms with E-state index in [4.69, 9.17) is 11.8 Å². The van der Waals surface area contributed by atoms with Crippen molar-refractivity contribution in [3.8, 4) is 11.4 Å². The summed E-state index contributed by atoms with van der Waals surface area (Å²) in [6, 6.07) is 4.34. The Morgan fingerprint density at radius 2 is 1.07 bits per heavy atom. The fourth-order valence-electron chi connectivity index (χ4n) is 2.34. The van der Waals surface area contributed by atoms with Gasteiger partial charge in [0, 0.05) is 23.7 Å². The summed E-state index contributed by atoms with van der Waals surface area (Å²) in [5.41, 5.74) is 2.57. The molecule has 0 saturated carbocycles. The fourth-order valence-corrected chi connectivity index (χ4v) is 2.34. The summed E-state index contributed by atoms with van der Waals surface area (Å²) in [5, 5.41) is 6.25. The molecule has 0 radical (unpaired) electrons. The van der Waals surface area contributed by atoms with E-state index in [2.05, 4.69) is 97.2 Å². The molecule has 0 spiro atoms. The van der Waals surface area contributed by atoms with Crippen molar-refractivity contribution >= 4 is 8.85 Å². The fraction of sp³-hybridized carbons (Fsp3) is 0.471. The summed E-state index contributed by atoms with van der Waals surface area (Å²) in [7, 11) is -4.38. The van der Waals surface area contributed by atoms with E-state index in [1.54, 1.807) is 0 Å². The topological polar surface area (TPSA) is 43.5 Å². The molecular weight excluding hydrogens is 554 g/mol. The molecule has 0 aromatic carbocycles. The summed E-state index contributed by atoms with van der Waals surface area (Å²) >= 11 is 0. The average Bonchev–Trinajstić information content (AvgIpc) is 3.11. The predicted octanol–water partition coefficient (Wildman–Crippen LogP) is 5.77. The zero-order valence-corrected chi connectivity index (χ0v) is 19.6. The standard InChI is InChI=1S/C16H24N4.CN.F3HP.Ir/c1-15(2,3)17-9-13-7-8-14-10-18(16(4,5)6)12-20(14)19(13)11-17;1-2;1-4(2)3;/h7-12H,1-6H3;;4H;/q-2;-1;+1;+3. The first-order chi connectivity index (χ1) is 11.9. The molecule has 0 aromatic heterocycles. The van der Waals surface area contributed by atoms with Crippen LogP contribution in [0.1, 0.15) is 41.5 Å². The Morgan fingerprint density at radius 1 is 0.815 bits per heavy atom. The van der Waals surface area contributed by atoms with Gasteiger partial charge in [0.2, 0.25) is 0 Å². The van der Waals surface area contributed by atoms with Crippen molar-refractivity contribution in [3.05, 3.63) is 43.8 Å².